The minimum absolute atomic E-state index is 0.0348. The summed E-state index contributed by atoms with van der Waals surface area (Å²) >= 11 is 11.6. The second-order valence-electron chi connectivity index (χ2n) is 3.95. The standard InChI is InChI=1S/C14H10Cl2FNO/c15-11-6-5-10(8-12(11)16)18-14(19)7-9-3-1-2-4-13(9)17/h1-6,8H,7H2,(H,18,19). The van der Waals surface area contributed by atoms with Crippen LogP contribution in [-0.4, -0.2) is 5.91 Å². The van der Waals surface area contributed by atoms with Gasteiger partial charge in [-0.2, -0.15) is 0 Å². The number of hydrogen-bond acceptors (Lipinski definition) is 1. The van der Waals surface area contributed by atoms with Crippen LogP contribution in [0.1, 0.15) is 5.56 Å². The summed E-state index contributed by atoms with van der Waals surface area (Å²) < 4.78 is 13.4. The van der Waals surface area contributed by atoms with Gasteiger partial charge in [0.25, 0.3) is 0 Å². The van der Waals surface area contributed by atoms with E-state index in [4.69, 9.17) is 23.2 Å². The first-order chi connectivity index (χ1) is 9.06. The van der Waals surface area contributed by atoms with Gasteiger partial charge in [-0.15, -0.1) is 0 Å². The Kier molecular flexibility index (Phi) is 4.40. The molecule has 0 saturated carbocycles. The quantitative estimate of drug-likeness (QED) is 0.898. The molecule has 98 valence electrons. The fourth-order valence-corrected chi connectivity index (χ4v) is 1.89. The second kappa shape index (κ2) is 6.04. The van der Waals surface area contributed by atoms with Gasteiger partial charge in [0.05, 0.1) is 16.5 Å². The molecule has 0 heterocycles. The molecule has 0 bridgehead atoms. The molecule has 1 N–H and O–H groups in total. The minimum atomic E-state index is -0.396. The van der Waals surface area contributed by atoms with Crippen LogP contribution in [0.5, 0.6) is 0 Å². The number of rotatable bonds is 3. The zero-order chi connectivity index (χ0) is 13.8. The molecule has 0 aliphatic rings. The highest BCUT2D eigenvalue weighted by Gasteiger charge is 2.08. The number of nitrogens with one attached hydrogen (secondary N) is 1. The molecular formula is C14H10Cl2FNO. The summed E-state index contributed by atoms with van der Waals surface area (Å²) in [5.74, 6) is -0.713. The first-order valence-electron chi connectivity index (χ1n) is 5.54. The molecule has 0 saturated heterocycles. The van der Waals surface area contributed by atoms with E-state index >= 15 is 0 Å². The number of amides is 1. The van der Waals surface area contributed by atoms with Gasteiger partial charge in [0.2, 0.25) is 5.91 Å². The third kappa shape index (κ3) is 3.69. The Hall–Kier alpha value is -1.58. The highest BCUT2D eigenvalue weighted by atomic mass is 35.5. The zero-order valence-electron chi connectivity index (χ0n) is 9.79. The Balaban J connectivity index is 2.05. The fourth-order valence-electron chi connectivity index (χ4n) is 1.59. The number of benzene rings is 2. The van der Waals surface area contributed by atoms with Crippen molar-refractivity contribution in [3.8, 4) is 0 Å². The summed E-state index contributed by atoms with van der Waals surface area (Å²) in [5, 5.41) is 3.40. The monoisotopic (exact) mass is 297 g/mol. The van der Waals surface area contributed by atoms with Crippen LogP contribution in [-0.2, 0) is 11.2 Å². The van der Waals surface area contributed by atoms with Crippen LogP contribution in [0.3, 0.4) is 0 Å². The number of carbonyl (C=O) groups excluding carboxylic acids is 1. The van der Waals surface area contributed by atoms with Crippen molar-refractivity contribution in [1.82, 2.24) is 0 Å². The highest BCUT2D eigenvalue weighted by Crippen LogP contribution is 2.25. The van der Waals surface area contributed by atoms with E-state index in [1.807, 2.05) is 0 Å². The lowest BCUT2D eigenvalue weighted by Crippen LogP contribution is -2.15. The Morgan fingerprint density at radius 3 is 2.53 bits per heavy atom. The normalized spacial score (nSPS) is 10.3. The van der Waals surface area contributed by atoms with Gasteiger partial charge in [0, 0.05) is 5.69 Å². The summed E-state index contributed by atoms with van der Waals surface area (Å²) in [7, 11) is 0. The molecule has 0 radical (unpaired) electrons. The summed E-state index contributed by atoms with van der Waals surface area (Å²) in [5.41, 5.74) is 0.871. The molecule has 0 fully saturated rings. The van der Waals surface area contributed by atoms with Crippen molar-refractivity contribution in [3.05, 3.63) is 63.9 Å². The molecule has 0 unspecified atom stereocenters. The summed E-state index contributed by atoms with van der Waals surface area (Å²) in [6, 6.07) is 10.9. The molecule has 1 amide bonds. The third-order valence-electron chi connectivity index (χ3n) is 2.51. The molecular weight excluding hydrogens is 288 g/mol. The topological polar surface area (TPSA) is 29.1 Å². The molecule has 0 atom stereocenters. The predicted molar refractivity (Wildman–Crippen MR) is 75.2 cm³/mol. The molecule has 5 heteroatoms. The van der Waals surface area contributed by atoms with Crippen LogP contribution in [0.4, 0.5) is 10.1 Å². The Morgan fingerprint density at radius 1 is 1.11 bits per heavy atom. The van der Waals surface area contributed by atoms with Crippen molar-refractivity contribution in [2.45, 2.75) is 6.42 Å². The minimum Gasteiger partial charge on any atom is -0.326 e. The fraction of sp³-hybridized carbons (Fsp3) is 0.0714. The van der Waals surface area contributed by atoms with Crippen LogP contribution >= 0.6 is 23.2 Å². The third-order valence-corrected chi connectivity index (χ3v) is 3.25. The highest BCUT2D eigenvalue weighted by molar-refractivity contribution is 6.42. The number of anilines is 1. The zero-order valence-corrected chi connectivity index (χ0v) is 11.3. The molecule has 2 rings (SSSR count). The summed E-state index contributed by atoms with van der Waals surface area (Å²) in [6.45, 7) is 0. The summed E-state index contributed by atoms with van der Waals surface area (Å²) in [6.07, 6.45) is -0.0348. The predicted octanol–water partition coefficient (Wildman–Crippen LogP) is 4.31. The van der Waals surface area contributed by atoms with E-state index in [1.165, 1.54) is 6.07 Å². The van der Waals surface area contributed by atoms with Crippen LogP contribution < -0.4 is 5.32 Å². The Morgan fingerprint density at radius 2 is 1.84 bits per heavy atom. The lowest BCUT2D eigenvalue weighted by molar-refractivity contribution is -0.115. The van der Waals surface area contributed by atoms with Gasteiger partial charge >= 0.3 is 0 Å². The molecule has 0 aromatic heterocycles. The molecule has 2 nitrogen and oxygen atoms in total. The van der Waals surface area contributed by atoms with Gasteiger partial charge in [-0.1, -0.05) is 41.4 Å². The maximum atomic E-state index is 13.4. The molecule has 0 aliphatic carbocycles. The van der Waals surface area contributed by atoms with Crippen molar-refractivity contribution in [2.24, 2.45) is 0 Å². The number of halogens is 3. The van der Waals surface area contributed by atoms with Gasteiger partial charge in [0.15, 0.2) is 0 Å². The van der Waals surface area contributed by atoms with Crippen molar-refractivity contribution in [3.63, 3.8) is 0 Å². The van der Waals surface area contributed by atoms with E-state index in [0.29, 0.717) is 21.3 Å². The molecule has 0 spiro atoms. The first-order valence-corrected chi connectivity index (χ1v) is 6.30. The number of carbonyl (C=O) groups is 1. The lowest BCUT2D eigenvalue weighted by Gasteiger charge is -2.07. The van der Waals surface area contributed by atoms with E-state index in [-0.39, 0.29) is 12.3 Å². The van der Waals surface area contributed by atoms with Gasteiger partial charge in [-0.25, -0.2) is 4.39 Å². The van der Waals surface area contributed by atoms with Crippen LogP contribution in [0.2, 0.25) is 10.0 Å². The van der Waals surface area contributed by atoms with Gasteiger partial charge < -0.3 is 5.32 Å². The van der Waals surface area contributed by atoms with Crippen LogP contribution in [0.15, 0.2) is 42.5 Å². The molecule has 19 heavy (non-hydrogen) atoms. The Bertz CT molecular complexity index is 616. The van der Waals surface area contributed by atoms with E-state index in [1.54, 1.807) is 36.4 Å². The average molecular weight is 298 g/mol. The van der Waals surface area contributed by atoms with Crippen molar-refractivity contribution >= 4 is 34.8 Å². The van der Waals surface area contributed by atoms with Crippen LogP contribution in [0.25, 0.3) is 0 Å². The summed E-state index contributed by atoms with van der Waals surface area (Å²) in [4.78, 5) is 11.8. The van der Waals surface area contributed by atoms with E-state index < -0.39 is 5.82 Å². The van der Waals surface area contributed by atoms with Crippen molar-refractivity contribution < 1.29 is 9.18 Å². The molecule has 0 aliphatic heterocycles. The van der Waals surface area contributed by atoms with Crippen molar-refractivity contribution in [2.75, 3.05) is 5.32 Å². The van der Waals surface area contributed by atoms with E-state index in [2.05, 4.69) is 5.32 Å². The first kappa shape index (κ1) is 13.8. The molecule has 2 aromatic rings. The van der Waals surface area contributed by atoms with Crippen molar-refractivity contribution in [1.29, 1.82) is 0 Å². The SMILES string of the molecule is O=C(Cc1ccccc1F)Nc1ccc(Cl)c(Cl)c1. The van der Waals surface area contributed by atoms with Gasteiger partial charge in [-0.3, -0.25) is 4.79 Å². The maximum absolute atomic E-state index is 13.4. The second-order valence-corrected chi connectivity index (χ2v) is 4.76. The average Bonchev–Trinajstić information content (AvgIpc) is 2.37. The maximum Gasteiger partial charge on any atom is 0.228 e. The lowest BCUT2D eigenvalue weighted by atomic mass is 10.1. The van der Waals surface area contributed by atoms with Gasteiger partial charge in [-0.05, 0) is 29.8 Å². The largest absolute Gasteiger partial charge is 0.326 e. The van der Waals surface area contributed by atoms with E-state index in [0.717, 1.165) is 0 Å². The van der Waals surface area contributed by atoms with Crippen LogP contribution in [0, 0.1) is 5.82 Å². The van der Waals surface area contributed by atoms with E-state index in [9.17, 15) is 9.18 Å². The van der Waals surface area contributed by atoms with Gasteiger partial charge in [0.1, 0.15) is 5.82 Å². The Labute approximate surface area is 120 Å². The molecule has 2 aromatic carbocycles. The number of hydrogen-bond donors (Lipinski definition) is 1. The smallest absolute Gasteiger partial charge is 0.228 e.